The molecule has 3 heterocycles. The first-order chi connectivity index (χ1) is 17.5. The van der Waals surface area contributed by atoms with Gasteiger partial charge in [0.15, 0.2) is 5.76 Å². The Hall–Kier alpha value is -3.98. The Kier molecular flexibility index (Phi) is 6.81. The van der Waals surface area contributed by atoms with Gasteiger partial charge in [-0.15, -0.1) is 11.3 Å². The Morgan fingerprint density at radius 2 is 2.06 bits per heavy atom. The Morgan fingerprint density at radius 1 is 1.22 bits per heavy atom. The molecule has 2 aromatic carbocycles. The third kappa shape index (κ3) is 4.87. The van der Waals surface area contributed by atoms with E-state index >= 15 is 0 Å². The molecule has 36 heavy (non-hydrogen) atoms. The van der Waals surface area contributed by atoms with Crippen LogP contribution in [0.1, 0.15) is 55.7 Å². The van der Waals surface area contributed by atoms with Crippen molar-refractivity contribution in [2.75, 3.05) is 13.1 Å². The molecule has 5 rings (SSSR count). The number of rotatable bonds is 7. The van der Waals surface area contributed by atoms with E-state index < -0.39 is 6.04 Å². The van der Waals surface area contributed by atoms with Crippen molar-refractivity contribution in [2.24, 2.45) is 0 Å². The van der Waals surface area contributed by atoms with Crippen molar-refractivity contribution in [1.29, 1.82) is 0 Å². The second kappa shape index (κ2) is 10.3. The minimum absolute atomic E-state index is 0.207. The Bertz CT molecular complexity index is 1370. The van der Waals surface area contributed by atoms with E-state index in [-0.39, 0.29) is 30.0 Å². The zero-order valence-electron chi connectivity index (χ0n) is 19.6. The van der Waals surface area contributed by atoms with Crippen molar-refractivity contribution in [2.45, 2.75) is 26.0 Å². The van der Waals surface area contributed by atoms with Crippen molar-refractivity contribution < 1.29 is 23.1 Å². The Balaban J connectivity index is 1.43. The van der Waals surface area contributed by atoms with Crippen molar-refractivity contribution >= 4 is 23.2 Å². The van der Waals surface area contributed by atoms with Crippen LogP contribution in [0.3, 0.4) is 0 Å². The van der Waals surface area contributed by atoms with Crippen molar-refractivity contribution in [1.82, 2.24) is 15.2 Å². The smallest absolute Gasteiger partial charge is 0.290 e. The maximum atomic E-state index is 13.7. The summed E-state index contributed by atoms with van der Waals surface area (Å²) >= 11 is 1.36. The van der Waals surface area contributed by atoms with Crippen LogP contribution in [0.4, 0.5) is 4.39 Å². The summed E-state index contributed by atoms with van der Waals surface area (Å²) < 4.78 is 25.1. The molecule has 7 nitrogen and oxygen atoms in total. The van der Waals surface area contributed by atoms with Gasteiger partial charge in [0, 0.05) is 18.5 Å². The summed E-state index contributed by atoms with van der Waals surface area (Å²) in [6.07, 6.45) is 2.14. The number of nitrogens with one attached hydrogen (secondary N) is 1. The summed E-state index contributed by atoms with van der Waals surface area (Å²) in [6, 6.07) is 14.9. The second-order valence-electron chi connectivity index (χ2n) is 8.32. The number of thiazole rings is 1. The Labute approximate surface area is 211 Å². The summed E-state index contributed by atoms with van der Waals surface area (Å²) in [5.74, 6) is 0.0861. The van der Waals surface area contributed by atoms with Gasteiger partial charge in [-0.2, -0.15) is 0 Å². The summed E-state index contributed by atoms with van der Waals surface area (Å²) in [4.78, 5) is 31.4. The van der Waals surface area contributed by atoms with Gasteiger partial charge in [0.05, 0.1) is 12.3 Å². The molecule has 0 spiro atoms. The highest BCUT2D eigenvalue weighted by Crippen LogP contribution is 2.38. The molecule has 1 atom stereocenters. The van der Waals surface area contributed by atoms with E-state index in [1.54, 1.807) is 34.5 Å². The lowest BCUT2D eigenvalue weighted by Gasteiger charge is -2.37. The Morgan fingerprint density at radius 3 is 2.81 bits per heavy atom. The van der Waals surface area contributed by atoms with E-state index in [9.17, 15) is 14.0 Å². The molecule has 9 heteroatoms. The first-order valence-electron chi connectivity index (χ1n) is 11.6. The van der Waals surface area contributed by atoms with Gasteiger partial charge in [0.1, 0.15) is 28.9 Å². The number of carbonyl (C=O) groups excluding carboxylic acids is 2. The molecule has 1 aliphatic heterocycles. The van der Waals surface area contributed by atoms with E-state index in [0.717, 1.165) is 16.7 Å². The fraction of sp³-hybridized carbons (Fsp3) is 0.222. The highest BCUT2D eigenvalue weighted by molar-refractivity contribution is 7.09. The molecule has 4 aromatic rings. The number of benzene rings is 2. The second-order valence-corrected chi connectivity index (χ2v) is 9.26. The average molecular weight is 506 g/mol. The van der Waals surface area contributed by atoms with Crippen LogP contribution >= 0.6 is 11.3 Å². The molecule has 1 N–H and O–H groups in total. The third-order valence-corrected chi connectivity index (χ3v) is 6.83. The minimum atomic E-state index is -0.431. The van der Waals surface area contributed by atoms with Gasteiger partial charge in [0.2, 0.25) is 0 Å². The largest absolute Gasteiger partial charge is 0.486 e. The van der Waals surface area contributed by atoms with Gasteiger partial charge in [-0.1, -0.05) is 18.2 Å². The SMILES string of the molecule is CCNC(=O)c1csc(COc2ccc3c(c2)C(c2ccc(F)cc2)N(C(=O)c2ccco2)CC3)n1. The van der Waals surface area contributed by atoms with Gasteiger partial charge in [0.25, 0.3) is 11.8 Å². The third-order valence-electron chi connectivity index (χ3n) is 6.01. The minimum Gasteiger partial charge on any atom is -0.486 e. The zero-order valence-corrected chi connectivity index (χ0v) is 20.4. The van der Waals surface area contributed by atoms with Crippen LogP contribution in [-0.4, -0.2) is 34.8 Å². The molecule has 0 radical (unpaired) electrons. The summed E-state index contributed by atoms with van der Waals surface area (Å²) in [6.45, 7) is 3.09. The van der Waals surface area contributed by atoms with Crippen LogP contribution in [0.25, 0.3) is 0 Å². The van der Waals surface area contributed by atoms with Crippen LogP contribution in [0.15, 0.2) is 70.7 Å². The highest BCUT2D eigenvalue weighted by Gasteiger charge is 2.34. The van der Waals surface area contributed by atoms with Gasteiger partial charge >= 0.3 is 0 Å². The molecule has 1 unspecified atom stereocenters. The molecule has 0 saturated heterocycles. The number of ether oxygens (including phenoxy) is 1. The van der Waals surface area contributed by atoms with Gasteiger partial charge < -0.3 is 19.4 Å². The summed E-state index contributed by atoms with van der Waals surface area (Å²) in [5.41, 5.74) is 3.16. The molecule has 0 fully saturated rings. The number of hydrogen-bond acceptors (Lipinski definition) is 6. The first-order valence-corrected chi connectivity index (χ1v) is 12.5. The van der Waals surface area contributed by atoms with E-state index in [1.807, 2.05) is 25.1 Å². The van der Waals surface area contributed by atoms with Crippen LogP contribution in [0.5, 0.6) is 5.75 Å². The number of fused-ring (bicyclic) bond motifs is 1. The number of furan rings is 1. The van der Waals surface area contributed by atoms with E-state index in [4.69, 9.17) is 9.15 Å². The average Bonchev–Trinajstić information content (AvgIpc) is 3.60. The van der Waals surface area contributed by atoms with Gasteiger partial charge in [-0.3, -0.25) is 9.59 Å². The van der Waals surface area contributed by atoms with Crippen LogP contribution in [0, 0.1) is 5.82 Å². The quantitative estimate of drug-likeness (QED) is 0.383. The number of halogens is 1. The van der Waals surface area contributed by atoms with E-state index in [0.29, 0.717) is 36.0 Å². The van der Waals surface area contributed by atoms with Crippen LogP contribution < -0.4 is 10.1 Å². The number of nitrogens with zero attached hydrogens (tertiary/aromatic N) is 2. The number of carbonyl (C=O) groups is 2. The lowest BCUT2D eigenvalue weighted by atomic mass is 9.87. The van der Waals surface area contributed by atoms with Crippen molar-refractivity contribution in [3.8, 4) is 5.75 Å². The molecule has 0 bridgehead atoms. The zero-order chi connectivity index (χ0) is 25.1. The lowest BCUT2D eigenvalue weighted by molar-refractivity contribution is 0.0661. The fourth-order valence-corrected chi connectivity index (χ4v) is 5.01. The predicted octanol–water partition coefficient (Wildman–Crippen LogP) is 4.99. The standard InChI is InChI=1S/C27H24FN3O4S/c1-2-29-26(32)22-16-36-24(30-22)15-35-20-10-7-17-11-12-31(27(33)23-4-3-13-34-23)25(21(17)14-20)18-5-8-19(28)9-6-18/h3-10,13-14,16,25H,2,11-12,15H2,1H3,(H,29,32). The number of hydrogen-bond donors (Lipinski definition) is 1. The molecule has 184 valence electrons. The first kappa shape index (κ1) is 23.7. The summed E-state index contributed by atoms with van der Waals surface area (Å²) in [7, 11) is 0. The molecule has 2 amide bonds. The predicted molar refractivity (Wildman–Crippen MR) is 133 cm³/mol. The lowest BCUT2D eigenvalue weighted by Crippen LogP contribution is -2.40. The van der Waals surface area contributed by atoms with Crippen molar-refractivity contribution in [3.63, 3.8) is 0 Å². The monoisotopic (exact) mass is 505 g/mol. The maximum absolute atomic E-state index is 13.7. The molecule has 0 aliphatic carbocycles. The fourth-order valence-electron chi connectivity index (χ4n) is 4.33. The van der Waals surface area contributed by atoms with Crippen molar-refractivity contribution in [3.05, 3.63) is 105 Å². The van der Waals surface area contributed by atoms with Crippen LogP contribution in [0.2, 0.25) is 0 Å². The van der Waals surface area contributed by atoms with Gasteiger partial charge in [-0.05, 0) is 66.4 Å². The van der Waals surface area contributed by atoms with Gasteiger partial charge in [-0.25, -0.2) is 9.37 Å². The molecular formula is C27H24FN3O4S. The highest BCUT2D eigenvalue weighted by atomic mass is 32.1. The summed E-state index contributed by atoms with van der Waals surface area (Å²) in [5, 5.41) is 5.12. The normalized spacial score (nSPS) is 14.8. The number of amides is 2. The molecule has 1 aliphatic rings. The molecule has 0 saturated carbocycles. The van der Waals surface area contributed by atoms with Crippen LogP contribution in [-0.2, 0) is 13.0 Å². The number of aromatic nitrogens is 1. The molecule has 2 aromatic heterocycles. The van der Waals surface area contributed by atoms with E-state index in [2.05, 4.69) is 10.3 Å². The molecular weight excluding hydrogens is 481 g/mol. The van der Waals surface area contributed by atoms with E-state index in [1.165, 1.54) is 29.7 Å². The maximum Gasteiger partial charge on any atom is 0.290 e. The topological polar surface area (TPSA) is 84.7 Å².